The SMILES string of the molecule is Cc1cc(COC(C)CC(C)C)oc1CN. The van der Waals surface area contributed by atoms with E-state index in [1.165, 1.54) is 0 Å². The Labute approximate surface area is 98.0 Å². The lowest BCUT2D eigenvalue weighted by Crippen LogP contribution is -2.10. The van der Waals surface area contributed by atoms with Crippen LogP contribution in [0.4, 0.5) is 0 Å². The van der Waals surface area contributed by atoms with E-state index in [9.17, 15) is 0 Å². The van der Waals surface area contributed by atoms with Crippen LogP contribution < -0.4 is 5.73 Å². The van der Waals surface area contributed by atoms with Crippen LogP contribution in [0.15, 0.2) is 10.5 Å². The third-order valence-electron chi connectivity index (χ3n) is 2.57. The van der Waals surface area contributed by atoms with E-state index in [0.717, 1.165) is 23.5 Å². The molecule has 92 valence electrons. The van der Waals surface area contributed by atoms with Gasteiger partial charge in [-0.25, -0.2) is 0 Å². The van der Waals surface area contributed by atoms with Crippen LogP contribution in [-0.2, 0) is 17.9 Å². The minimum atomic E-state index is 0.270. The summed E-state index contributed by atoms with van der Waals surface area (Å²) in [6, 6.07) is 2.00. The van der Waals surface area contributed by atoms with Crippen LogP contribution >= 0.6 is 0 Å². The molecule has 0 aromatic carbocycles. The van der Waals surface area contributed by atoms with Gasteiger partial charge in [0.05, 0.1) is 12.6 Å². The first kappa shape index (κ1) is 13.3. The summed E-state index contributed by atoms with van der Waals surface area (Å²) < 4.78 is 11.3. The molecule has 1 atom stereocenters. The van der Waals surface area contributed by atoms with E-state index in [1.807, 2.05) is 13.0 Å². The van der Waals surface area contributed by atoms with Crippen LogP contribution in [0.2, 0.25) is 0 Å². The molecule has 2 N–H and O–H groups in total. The maximum Gasteiger partial charge on any atom is 0.130 e. The number of nitrogens with two attached hydrogens (primary N) is 1. The fraction of sp³-hybridized carbons (Fsp3) is 0.692. The Morgan fingerprint density at radius 1 is 1.38 bits per heavy atom. The predicted octanol–water partition coefficient (Wildman–Crippen LogP) is 3.00. The van der Waals surface area contributed by atoms with Gasteiger partial charge in [0.2, 0.25) is 0 Å². The number of aryl methyl sites for hydroxylation is 1. The summed E-state index contributed by atoms with van der Waals surface area (Å²) in [7, 11) is 0. The van der Waals surface area contributed by atoms with E-state index in [2.05, 4.69) is 20.8 Å². The second-order valence-corrected chi connectivity index (χ2v) is 4.77. The van der Waals surface area contributed by atoms with Crippen molar-refractivity contribution in [2.24, 2.45) is 11.7 Å². The van der Waals surface area contributed by atoms with Gasteiger partial charge in [-0.3, -0.25) is 0 Å². The van der Waals surface area contributed by atoms with Crippen LogP contribution in [0.1, 0.15) is 44.3 Å². The molecule has 0 aliphatic rings. The van der Waals surface area contributed by atoms with Gasteiger partial charge in [-0.15, -0.1) is 0 Å². The van der Waals surface area contributed by atoms with Crippen LogP contribution in [0.3, 0.4) is 0 Å². The lowest BCUT2D eigenvalue weighted by Gasteiger charge is -2.13. The van der Waals surface area contributed by atoms with Gasteiger partial charge in [-0.05, 0) is 37.8 Å². The van der Waals surface area contributed by atoms with Gasteiger partial charge in [0, 0.05) is 0 Å². The summed E-state index contributed by atoms with van der Waals surface area (Å²) in [5.74, 6) is 2.39. The second-order valence-electron chi connectivity index (χ2n) is 4.77. The number of rotatable bonds is 6. The predicted molar refractivity (Wildman–Crippen MR) is 65.0 cm³/mol. The van der Waals surface area contributed by atoms with Gasteiger partial charge in [0.1, 0.15) is 18.1 Å². The van der Waals surface area contributed by atoms with Gasteiger partial charge in [-0.2, -0.15) is 0 Å². The summed E-state index contributed by atoms with van der Waals surface area (Å²) in [6.07, 6.45) is 1.34. The maximum atomic E-state index is 5.72. The van der Waals surface area contributed by atoms with Crippen molar-refractivity contribution in [2.45, 2.75) is 53.4 Å². The molecular weight excluding hydrogens is 202 g/mol. The van der Waals surface area contributed by atoms with Crippen molar-refractivity contribution in [1.82, 2.24) is 0 Å². The Bertz CT molecular complexity index is 318. The van der Waals surface area contributed by atoms with Crippen LogP contribution in [0.25, 0.3) is 0 Å². The Morgan fingerprint density at radius 2 is 2.06 bits per heavy atom. The van der Waals surface area contributed by atoms with Crippen LogP contribution in [-0.4, -0.2) is 6.10 Å². The molecule has 1 unspecified atom stereocenters. The quantitative estimate of drug-likeness (QED) is 0.809. The Hall–Kier alpha value is -0.800. The lowest BCUT2D eigenvalue weighted by molar-refractivity contribution is 0.0298. The second kappa shape index (κ2) is 6.06. The van der Waals surface area contributed by atoms with E-state index < -0.39 is 0 Å². The number of ether oxygens (including phenoxy) is 1. The molecule has 0 spiro atoms. The highest BCUT2D eigenvalue weighted by Crippen LogP contribution is 2.16. The highest BCUT2D eigenvalue weighted by atomic mass is 16.5. The molecule has 16 heavy (non-hydrogen) atoms. The Balaban J connectivity index is 2.42. The molecule has 0 fully saturated rings. The molecule has 3 nitrogen and oxygen atoms in total. The minimum absolute atomic E-state index is 0.270. The molecule has 0 radical (unpaired) electrons. The van der Waals surface area contributed by atoms with E-state index in [0.29, 0.717) is 19.1 Å². The molecular formula is C13H23NO2. The molecule has 3 heteroatoms. The molecule has 1 rings (SSSR count). The van der Waals surface area contributed by atoms with Crippen LogP contribution in [0, 0.1) is 12.8 Å². The third kappa shape index (κ3) is 3.99. The van der Waals surface area contributed by atoms with Gasteiger partial charge in [-0.1, -0.05) is 13.8 Å². The molecule has 0 aliphatic heterocycles. The first-order valence-corrected chi connectivity index (χ1v) is 5.92. The van der Waals surface area contributed by atoms with Crippen molar-refractivity contribution < 1.29 is 9.15 Å². The molecule has 0 amide bonds. The topological polar surface area (TPSA) is 48.4 Å². The number of hydrogen-bond donors (Lipinski definition) is 1. The molecule has 0 saturated carbocycles. The van der Waals surface area contributed by atoms with E-state index in [-0.39, 0.29) is 6.10 Å². The largest absolute Gasteiger partial charge is 0.462 e. The summed E-state index contributed by atoms with van der Waals surface area (Å²) in [4.78, 5) is 0. The minimum Gasteiger partial charge on any atom is -0.462 e. The first-order valence-electron chi connectivity index (χ1n) is 5.92. The Morgan fingerprint density at radius 3 is 2.56 bits per heavy atom. The van der Waals surface area contributed by atoms with Crippen molar-refractivity contribution in [3.63, 3.8) is 0 Å². The number of furan rings is 1. The summed E-state index contributed by atoms with van der Waals surface area (Å²) in [6.45, 7) is 9.49. The first-order chi connectivity index (χ1) is 7.52. The van der Waals surface area contributed by atoms with Crippen LogP contribution in [0.5, 0.6) is 0 Å². The molecule has 0 saturated heterocycles. The van der Waals surface area contributed by atoms with E-state index >= 15 is 0 Å². The normalized spacial score (nSPS) is 13.4. The van der Waals surface area contributed by atoms with Crippen molar-refractivity contribution in [3.05, 3.63) is 23.2 Å². The zero-order valence-electron chi connectivity index (χ0n) is 10.7. The third-order valence-corrected chi connectivity index (χ3v) is 2.57. The van der Waals surface area contributed by atoms with Gasteiger partial charge >= 0.3 is 0 Å². The smallest absolute Gasteiger partial charge is 0.130 e. The monoisotopic (exact) mass is 225 g/mol. The zero-order chi connectivity index (χ0) is 12.1. The molecule has 1 aromatic heterocycles. The van der Waals surface area contributed by atoms with Gasteiger partial charge < -0.3 is 14.9 Å². The maximum absolute atomic E-state index is 5.72. The molecule has 1 aromatic rings. The average molecular weight is 225 g/mol. The molecule has 0 bridgehead atoms. The van der Waals surface area contributed by atoms with Crippen molar-refractivity contribution in [3.8, 4) is 0 Å². The average Bonchev–Trinajstić information content (AvgIpc) is 2.55. The fourth-order valence-electron chi connectivity index (χ4n) is 1.82. The summed E-state index contributed by atoms with van der Waals surface area (Å²) >= 11 is 0. The summed E-state index contributed by atoms with van der Waals surface area (Å²) in [5, 5.41) is 0. The lowest BCUT2D eigenvalue weighted by atomic mass is 10.1. The highest BCUT2D eigenvalue weighted by molar-refractivity contribution is 5.19. The highest BCUT2D eigenvalue weighted by Gasteiger charge is 2.09. The van der Waals surface area contributed by atoms with Gasteiger partial charge in [0.25, 0.3) is 0 Å². The zero-order valence-corrected chi connectivity index (χ0v) is 10.7. The number of hydrogen-bond acceptors (Lipinski definition) is 3. The Kier molecular flexibility index (Phi) is 5.03. The van der Waals surface area contributed by atoms with E-state index in [1.54, 1.807) is 0 Å². The van der Waals surface area contributed by atoms with Crippen molar-refractivity contribution in [2.75, 3.05) is 0 Å². The van der Waals surface area contributed by atoms with Crippen molar-refractivity contribution >= 4 is 0 Å². The molecule has 1 heterocycles. The van der Waals surface area contributed by atoms with Crippen molar-refractivity contribution in [1.29, 1.82) is 0 Å². The van der Waals surface area contributed by atoms with Gasteiger partial charge in [0.15, 0.2) is 0 Å². The van der Waals surface area contributed by atoms with E-state index in [4.69, 9.17) is 14.9 Å². The summed E-state index contributed by atoms with van der Waals surface area (Å²) in [5.41, 5.74) is 6.66. The fourth-order valence-corrected chi connectivity index (χ4v) is 1.82. The standard InChI is InChI=1S/C13H23NO2/c1-9(2)5-11(4)15-8-12-6-10(3)13(7-14)16-12/h6,9,11H,5,7-8,14H2,1-4H3. The molecule has 0 aliphatic carbocycles.